The second-order valence-electron chi connectivity index (χ2n) is 10.5. The van der Waals surface area contributed by atoms with Crippen molar-refractivity contribution < 1.29 is 14.4 Å². The number of carbonyl (C=O) groups is 3. The predicted molar refractivity (Wildman–Crippen MR) is 147 cm³/mol. The predicted octanol–water partition coefficient (Wildman–Crippen LogP) is 3.99. The normalized spacial score (nSPS) is 18.8. The number of nitrogens with zero attached hydrogens (tertiary/aromatic N) is 2. The molecule has 0 spiro atoms. The first-order valence-corrected chi connectivity index (χ1v) is 14.0. The van der Waals surface area contributed by atoms with E-state index in [1.165, 1.54) is 0 Å². The number of hydrogen-bond acceptors (Lipinski definition) is 4. The lowest BCUT2D eigenvalue weighted by Gasteiger charge is -2.30. The lowest BCUT2D eigenvalue weighted by atomic mass is 9.75. The van der Waals surface area contributed by atoms with Crippen molar-refractivity contribution in [3.8, 4) is 6.07 Å². The Morgan fingerprint density at radius 3 is 2.29 bits per heavy atom. The van der Waals surface area contributed by atoms with Gasteiger partial charge in [-0.3, -0.25) is 14.4 Å². The number of benzene rings is 1. The molecule has 4 rings (SSSR count). The van der Waals surface area contributed by atoms with Crippen LogP contribution in [0.3, 0.4) is 0 Å². The monoisotopic (exact) mass is 517 g/mol. The Morgan fingerprint density at radius 1 is 0.974 bits per heavy atom. The molecule has 2 atom stereocenters. The molecule has 0 fully saturated rings. The lowest BCUT2D eigenvalue weighted by molar-refractivity contribution is -0.135. The summed E-state index contributed by atoms with van der Waals surface area (Å²) in [4.78, 5) is 44.7. The molecule has 0 bridgehead atoms. The molecule has 202 valence electrons. The minimum absolute atomic E-state index is 0.0615. The largest absolute Gasteiger partial charge is 0.361 e. The van der Waals surface area contributed by atoms with Gasteiger partial charge in [0.15, 0.2) is 0 Å². The van der Waals surface area contributed by atoms with E-state index in [4.69, 9.17) is 5.26 Å². The minimum Gasteiger partial charge on any atom is -0.361 e. The van der Waals surface area contributed by atoms with Gasteiger partial charge in [-0.25, -0.2) is 0 Å². The molecule has 2 heterocycles. The number of carbonyl (C=O) groups excluding carboxylic acids is 3. The zero-order valence-corrected chi connectivity index (χ0v) is 22.4. The fourth-order valence-corrected chi connectivity index (χ4v) is 5.62. The number of amides is 3. The van der Waals surface area contributed by atoms with Gasteiger partial charge in [-0.15, -0.1) is 0 Å². The number of nitrogens with one attached hydrogen (secondary N) is 3. The van der Waals surface area contributed by atoms with Crippen molar-refractivity contribution in [2.24, 2.45) is 11.8 Å². The molecule has 0 unspecified atom stereocenters. The quantitative estimate of drug-likeness (QED) is 0.291. The van der Waals surface area contributed by atoms with E-state index >= 15 is 0 Å². The van der Waals surface area contributed by atoms with Crippen LogP contribution in [0, 0.1) is 23.2 Å². The Bertz CT molecular complexity index is 1220. The van der Waals surface area contributed by atoms with E-state index < -0.39 is 11.8 Å². The number of fused-ring (bicyclic) bond motifs is 1. The Kier molecular flexibility index (Phi) is 9.58. The smallest absolute Gasteiger partial charge is 0.227 e. The lowest BCUT2D eigenvalue weighted by Crippen LogP contribution is -2.44. The minimum atomic E-state index is -0.432. The van der Waals surface area contributed by atoms with E-state index in [-0.39, 0.29) is 17.7 Å². The maximum Gasteiger partial charge on any atom is 0.227 e. The molecule has 2 aromatic rings. The first kappa shape index (κ1) is 27.4. The molecule has 0 saturated carbocycles. The highest BCUT2D eigenvalue weighted by Crippen LogP contribution is 2.39. The van der Waals surface area contributed by atoms with Crippen LogP contribution in [0.4, 0.5) is 0 Å². The topological polar surface area (TPSA) is 118 Å². The average molecular weight is 518 g/mol. The number of H-pyrrole nitrogens is 1. The van der Waals surface area contributed by atoms with Gasteiger partial charge >= 0.3 is 0 Å². The van der Waals surface area contributed by atoms with E-state index in [9.17, 15) is 14.4 Å². The van der Waals surface area contributed by atoms with Crippen molar-refractivity contribution in [3.05, 3.63) is 47.2 Å². The Balaban J connectivity index is 1.39. The molecule has 0 radical (unpaired) electrons. The van der Waals surface area contributed by atoms with Gasteiger partial charge in [0.25, 0.3) is 0 Å². The molecule has 8 nitrogen and oxygen atoms in total. The summed E-state index contributed by atoms with van der Waals surface area (Å²) in [6.07, 6.45) is 8.22. The molecule has 3 amide bonds. The molecule has 38 heavy (non-hydrogen) atoms. The van der Waals surface area contributed by atoms with Crippen LogP contribution in [0.5, 0.6) is 0 Å². The number of rotatable bonds is 12. The van der Waals surface area contributed by atoms with Gasteiger partial charge in [0.2, 0.25) is 17.7 Å². The Morgan fingerprint density at radius 2 is 1.63 bits per heavy atom. The van der Waals surface area contributed by atoms with Crippen LogP contribution in [0.25, 0.3) is 10.9 Å². The van der Waals surface area contributed by atoms with Gasteiger partial charge in [0, 0.05) is 49.7 Å². The molecule has 1 aromatic heterocycles. The summed E-state index contributed by atoms with van der Waals surface area (Å²) in [5.74, 6) is -0.948. The van der Waals surface area contributed by atoms with Gasteiger partial charge in [0.1, 0.15) is 0 Å². The van der Waals surface area contributed by atoms with E-state index in [2.05, 4.69) is 28.6 Å². The summed E-state index contributed by atoms with van der Waals surface area (Å²) in [5.41, 5.74) is 4.26. The second kappa shape index (κ2) is 13.3. The summed E-state index contributed by atoms with van der Waals surface area (Å²) in [5, 5.41) is 15.8. The fraction of sp³-hybridized carbons (Fsp3) is 0.533. The average Bonchev–Trinajstić information content (AvgIpc) is 3.54. The van der Waals surface area contributed by atoms with Gasteiger partial charge in [-0.1, -0.05) is 38.0 Å². The second-order valence-corrected chi connectivity index (χ2v) is 10.5. The molecule has 8 heteroatoms. The third kappa shape index (κ3) is 6.63. The number of para-hydroxylation sites is 1. The first-order valence-electron chi connectivity index (χ1n) is 14.0. The van der Waals surface area contributed by atoms with Crippen molar-refractivity contribution in [2.75, 3.05) is 26.2 Å². The van der Waals surface area contributed by atoms with Crippen molar-refractivity contribution in [1.82, 2.24) is 20.5 Å². The number of aromatic amines is 1. The maximum atomic E-state index is 13.3. The zero-order valence-electron chi connectivity index (χ0n) is 22.4. The van der Waals surface area contributed by atoms with Crippen molar-refractivity contribution in [2.45, 2.75) is 64.7 Å². The molecule has 1 aliphatic carbocycles. The van der Waals surface area contributed by atoms with Gasteiger partial charge in [-0.05, 0) is 54.9 Å². The summed E-state index contributed by atoms with van der Waals surface area (Å²) < 4.78 is 0. The van der Waals surface area contributed by atoms with Crippen LogP contribution in [-0.4, -0.2) is 53.8 Å². The molecule has 0 saturated heterocycles. The molecule has 3 N–H and O–H groups in total. The summed E-state index contributed by atoms with van der Waals surface area (Å²) >= 11 is 0. The summed E-state index contributed by atoms with van der Waals surface area (Å²) in [6.45, 7) is 4.30. The number of aromatic nitrogens is 1. The SMILES string of the molecule is CCCCNC(=O)[C@@H]1CC2=C(C[C@@H]1C(=O)NCCCCCC#N)CN(C(=O)Cc1c[nH]c3ccccc13)C2. The van der Waals surface area contributed by atoms with Crippen LogP contribution in [0.15, 0.2) is 41.6 Å². The number of unbranched alkanes of at least 4 members (excludes halogenated alkanes) is 4. The number of hydrogen-bond donors (Lipinski definition) is 3. The van der Waals surface area contributed by atoms with Crippen molar-refractivity contribution in [1.29, 1.82) is 5.26 Å². The van der Waals surface area contributed by atoms with E-state index in [1.807, 2.05) is 35.4 Å². The van der Waals surface area contributed by atoms with Crippen LogP contribution in [-0.2, 0) is 20.8 Å². The highest BCUT2D eigenvalue weighted by atomic mass is 16.2. The van der Waals surface area contributed by atoms with Crippen LogP contribution >= 0.6 is 0 Å². The highest BCUT2D eigenvalue weighted by molar-refractivity contribution is 5.90. The van der Waals surface area contributed by atoms with Crippen LogP contribution in [0.1, 0.15) is 63.9 Å². The number of nitriles is 1. The Hall–Kier alpha value is -3.60. The molecule has 2 aliphatic rings. The first-order chi connectivity index (χ1) is 18.5. The van der Waals surface area contributed by atoms with E-state index in [0.717, 1.165) is 59.7 Å². The Labute approximate surface area is 224 Å². The summed E-state index contributed by atoms with van der Waals surface area (Å²) in [7, 11) is 0. The van der Waals surface area contributed by atoms with Gasteiger partial charge in [0.05, 0.1) is 24.3 Å². The molecule has 1 aromatic carbocycles. The fourth-order valence-electron chi connectivity index (χ4n) is 5.62. The maximum absolute atomic E-state index is 13.3. The molecular weight excluding hydrogens is 478 g/mol. The van der Waals surface area contributed by atoms with Crippen molar-refractivity contribution >= 4 is 28.6 Å². The van der Waals surface area contributed by atoms with Crippen LogP contribution in [0.2, 0.25) is 0 Å². The van der Waals surface area contributed by atoms with E-state index in [0.29, 0.717) is 51.9 Å². The zero-order chi connectivity index (χ0) is 26.9. The van der Waals surface area contributed by atoms with Crippen LogP contribution < -0.4 is 10.6 Å². The highest BCUT2D eigenvalue weighted by Gasteiger charge is 2.42. The third-order valence-electron chi connectivity index (χ3n) is 7.82. The molecule has 1 aliphatic heterocycles. The third-order valence-corrected chi connectivity index (χ3v) is 7.82. The summed E-state index contributed by atoms with van der Waals surface area (Å²) in [6, 6.07) is 10.1. The molecular formula is C30H39N5O3. The standard InChI is InChI=1S/C30H39N5O3/c1-2-3-13-32-29(37)25-15-22-19-35(28(36)17-21-18-34-27-11-7-6-10-24(21)27)20-23(22)16-26(25)30(38)33-14-9-5-4-8-12-31/h6-7,10-11,18,25-26,34H,2-5,8-9,13-17,19-20H2,1H3,(H,32,37)(H,33,38)/t25-,26+/m1/s1. The van der Waals surface area contributed by atoms with Gasteiger partial charge in [-0.2, -0.15) is 5.26 Å². The van der Waals surface area contributed by atoms with Gasteiger partial charge < -0.3 is 20.5 Å². The van der Waals surface area contributed by atoms with E-state index in [1.54, 1.807) is 0 Å². The van der Waals surface area contributed by atoms with Crippen molar-refractivity contribution in [3.63, 3.8) is 0 Å².